The van der Waals surface area contributed by atoms with Gasteiger partial charge in [-0.1, -0.05) is 73.3 Å². The van der Waals surface area contributed by atoms with Crippen molar-refractivity contribution in [1.29, 1.82) is 0 Å². The monoisotopic (exact) mass is 929 g/mol. The topological polar surface area (TPSA) is 125 Å². The lowest BCUT2D eigenvalue weighted by atomic mass is 9.66. The summed E-state index contributed by atoms with van der Waals surface area (Å²) in [5.74, 6) is 1.78. The predicted octanol–water partition coefficient (Wildman–Crippen LogP) is 11.4. The highest BCUT2D eigenvalue weighted by molar-refractivity contribution is 7.96. The van der Waals surface area contributed by atoms with Gasteiger partial charge in [-0.25, -0.2) is 4.31 Å². The predicted molar refractivity (Wildman–Crippen MR) is 261 cm³/mol. The Bertz CT molecular complexity index is 2820. The highest BCUT2D eigenvalue weighted by Gasteiger charge is 2.52. The average Bonchev–Trinajstić information content (AvgIpc) is 3.98. The molecule has 4 atom stereocenters. The van der Waals surface area contributed by atoms with Crippen LogP contribution in [0.1, 0.15) is 103 Å². The van der Waals surface area contributed by atoms with E-state index in [0.717, 1.165) is 114 Å². The number of aldehydes is 3. The second-order valence-electron chi connectivity index (χ2n) is 18.3. The molecule has 4 aliphatic heterocycles. The fraction of sp³-hybridized carbons (Fsp3) is 0.392. The van der Waals surface area contributed by atoms with E-state index in [2.05, 4.69) is 76.9 Å². The van der Waals surface area contributed by atoms with Crippen LogP contribution in [-0.4, -0.2) is 77.4 Å². The largest absolute Gasteiger partial charge is 0.483 e. The molecular formula is C51H52ClN5O6S2. The summed E-state index contributed by atoms with van der Waals surface area (Å²) in [7, 11) is 0. The second kappa shape index (κ2) is 17.9. The van der Waals surface area contributed by atoms with Crippen LogP contribution in [-0.2, 0) is 15.3 Å². The number of halogens is 1. The molecule has 336 valence electrons. The lowest BCUT2D eigenvalue weighted by Gasteiger charge is -2.59. The Morgan fingerprint density at radius 1 is 1.03 bits per heavy atom. The van der Waals surface area contributed by atoms with Gasteiger partial charge in [-0.05, 0) is 123 Å². The number of amides is 1. The minimum Gasteiger partial charge on any atom is -0.483 e. The quantitative estimate of drug-likeness (QED) is 0.0736. The van der Waals surface area contributed by atoms with Crippen molar-refractivity contribution >= 4 is 98.9 Å². The van der Waals surface area contributed by atoms with Crippen molar-refractivity contribution in [2.75, 3.05) is 34.8 Å². The molecule has 6 heterocycles. The first kappa shape index (κ1) is 43.7. The van der Waals surface area contributed by atoms with E-state index >= 15 is 0 Å². The molecule has 1 aliphatic carbocycles. The van der Waals surface area contributed by atoms with Gasteiger partial charge in [-0.3, -0.25) is 19.3 Å². The number of nitrogens with one attached hydrogen (secondary N) is 1. The molecule has 1 N–H and O–H groups in total. The van der Waals surface area contributed by atoms with Crippen molar-refractivity contribution in [2.45, 2.75) is 101 Å². The normalized spacial score (nSPS) is 21.0. The van der Waals surface area contributed by atoms with Crippen LogP contribution < -0.4 is 19.9 Å². The summed E-state index contributed by atoms with van der Waals surface area (Å²) < 4.78 is 14.5. The molecule has 2 aromatic heterocycles. The third kappa shape index (κ3) is 7.81. The van der Waals surface area contributed by atoms with E-state index in [0.29, 0.717) is 58.1 Å². The van der Waals surface area contributed by atoms with Crippen LogP contribution in [0.4, 0.5) is 17.4 Å². The molecule has 11 nitrogen and oxygen atoms in total. The fourth-order valence-electron chi connectivity index (χ4n) is 11.1. The molecule has 2 bridgehead atoms. The smallest absolute Gasteiger partial charge is 0.298 e. The molecule has 1 saturated carbocycles. The SMILES string of the molecule is CCCC(C=O)N1C(=O)c2cccc3c(C4CCN(c5nc6cc(CSN7C8CCC(C(Nc9cccc(-c%10sc(C=O)c(OCC=O)c%10Cl)c9)C8)C7(C)C)ccc6o5)CC4)ccc1c23. The minimum atomic E-state index is -0.455. The number of carbonyl (C=O) groups is 4. The Kier molecular flexibility index (Phi) is 12.0. The van der Waals surface area contributed by atoms with E-state index in [1.165, 1.54) is 22.5 Å². The third-order valence-electron chi connectivity index (χ3n) is 14.2. The standard InChI is InChI=1S/C51H52ClN5O6S2/c1-4-7-35(27-59)56-42-16-14-36(37-10-6-11-38(45(37)42)49(56)61)31-18-20-55(21-19-31)50-54-41-24-30(12-17-43(41)63-50)29-64-57-34-13-15-39(51(57,2)3)40(26-34)53-33-9-5-8-32(25-33)48-46(52)47(62-23-22-58)44(28-60)65-48/h5-6,8-12,14,16-17,22,24-25,27-28,31,34-35,39-40,53H,4,7,13,15,18-21,23,26,29H2,1-3H3. The van der Waals surface area contributed by atoms with Crippen molar-refractivity contribution in [1.82, 2.24) is 9.29 Å². The number of benzene rings is 4. The summed E-state index contributed by atoms with van der Waals surface area (Å²) in [5.41, 5.74) is 7.54. The number of anilines is 3. The summed E-state index contributed by atoms with van der Waals surface area (Å²) >= 11 is 9.87. The van der Waals surface area contributed by atoms with E-state index in [1.807, 2.05) is 43.1 Å². The first-order chi connectivity index (χ1) is 31.6. The van der Waals surface area contributed by atoms with E-state index in [9.17, 15) is 19.2 Å². The number of rotatable bonds is 16. The van der Waals surface area contributed by atoms with Gasteiger partial charge in [0.2, 0.25) is 0 Å². The molecule has 0 spiro atoms. The highest BCUT2D eigenvalue weighted by atomic mass is 35.5. The zero-order chi connectivity index (χ0) is 45.0. The number of thiophene rings is 1. The maximum atomic E-state index is 13.6. The third-order valence-corrected chi connectivity index (χ3v) is 17.3. The summed E-state index contributed by atoms with van der Waals surface area (Å²) in [6, 6.07) is 25.7. The van der Waals surface area contributed by atoms with E-state index < -0.39 is 6.04 Å². The van der Waals surface area contributed by atoms with Gasteiger partial charge in [-0.2, -0.15) is 4.98 Å². The summed E-state index contributed by atoms with van der Waals surface area (Å²) in [5, 5.41) is 6.31. The van der Waals surface area contributed by atoms with Crippen molar-refractivity contribution in [2.24, 2.45) is 5.92 Å². The van der Waals surface area contributed by atoms with Gasteiger partial charge in [-0.15, -0.1) is 11.3 Å². The highest BCUT2D eigenvalue weighted by Crippen LogP contribution is 2.51. The molecule has 4 fully saturated rings. The van der Waals surface area contributed by atoms with Crippen LogP contribution in [0.25, 0.3) is 32.3 Å². The molecule has 1 amide bonds. The lowest BCUT2D eigenvalue weighted by Crippen LogP contribution is -2.64. The molecule has 5 aliphatic rings. The van der Waals surface area contributed by atoms with Crippen LogP contribution in [0.3, 0.4) is 0 Å². The van der Waals surface area contributed by atoms with E-state index in [4.69, 9.17) is 25.7 Å². The van der Waals surface area contributed by atoms with Crippen molar-refractivity contribution in [3.05, 3.63) is 99.4 Å². The number of piperidine rings is 3. The van der Waals surface area contributed by atoms with Crippen molar-refractivity contribution in [3.8, 4) is 16.2 Å². The number of nitrogens with zero attached hydrogens (tertiary/aromatic N) is 4. The first-order valence-electron chi connectivity index (χ1n) is 22.7. The molecule has 3 saturated heterocycles. The summed E-state index contributed by atoms with van der Waals surface area (Å²) in [4.78, 5) is 58.4. The minimum absolute atomic E-state index is 0.0439. The van der Waals surface area contributed by atoms with Gasteiger partial charge in [0.25, 0.3) is 11.9 Å². The van der Waals surface area contributed by atoms with Crippen LogP contribution in [0.15, 0.2) is 77.2 Å². The van der Waals surface area contributed by atoms with Gasteiger partial charge in [0.15, 0.2) is 23.9 Å². The zero-order valence-corrected chi connectivity index (χ0v) is 39.1. The summed E-state index contributed by atoms with van der Waals surface area (Å²) in [6.07, 6.45) is 8.97. The number of hydrogen-bond acceptors (Lipinski definition) is 12. The molecule has 4 aromatic carbocycles. The number of carbonyl (C=O) groups excluding carboxylic acids is 4. The zero-order valence-electron chi connectivity index (χ0n) is 36.8. The van der Waals surface area contributed by atoms with Gasteiger partial charge < -0.3 is 24.2 Å². The Hall–Kier alpha value is -5.21. The van der Waals surface area contributed by atoms with Gasteiger partial charge in [0.1, 0.15) is 28.3 Å². The molecule has 11 rings (SSSR count). The number of ether oxygens (including phenoxy) is 1. The van der Waals surface area contributed by atoms with Crippen molar-refractivity contribution < 1.29 is 28.3 Å². The molecule has 65 heavy (non-hydrogen) atoms. The Morgan fingerprint density at radius 2 is 1.86 bits per heavy atom. The van der Waals surface area contributed by atoms with Gasteiger partial charge in [0, 0.05) is 53.1 Å². The number of fused-ring (bicyclic) bond motifs is 4. The van der Waals surface area contributed by atoms with E-state index in [-0.39, 0.29) is 23.8 Å². The van der Waals surface area contributed by atoms with E-state index in [1.54, 1.807) is 4.90 Å². The fourth-order valence-corrected chi connectivity index (χ4v) is 13.9. The maximum absolute atomic E-state index is 13.6. The van der Waals surface area contributed by atoms with Crippen LogP contribution in [0, 0.1) is 5.92 Å². The Labute approximate surface area is 392 Å². The Morgan fingerprint density at radius 3 is 2.63 bits per heavy atom. The van der Waals surface area contributed by atoms with Crippen LogP contribution in [0.5, 0.6) is 5.75 Å². The number of hydrogen-bond donors (Lipinski definition) is 1. The molecule has 0 radical (unpaired) electrons. The molecule has 6 aromatic rings. The summed E-state index contributed by atoms with van der Waals surface area (Å²) in [6.45, 7) is 8.26. The van der Waals surface area contributed by atoms with Crippen LogP contribution in [0.2, 0.25) is 5.02 Å². The van der Waals surface area contributed by atoms with Crippen molar-refractivity contribution in [3.63, 3.8) is 0 Å². The first-order valence-corrected chi connectivity index (χ1v) is 24.9. The second-order valence-corrected chi connectivity index (χ2v) is 20.7. The lowest BCUT2D eigenvalue weighted by molar-refractivity contribution is -0.110. The molecule has 4 unspecified atom stereocenters. The average molecular weight is 931 g/mol. The van der Waals surface area contributed by atoms with Gasteiger partial charge in [0.05, 0.1) is 16.6 Å². The number of aromatic nitrogens is 1. The molecule has 14 heteroatoms. The maximum Gasteiger partial charge on any atom is 0.298 e. The molecular weight excluding hydrogens is 878 g/mol. The Balaban J connectivity index is 0.777. The number of oxazole rings is 1. The van der Waals surface area contributed by atoms with Gasteiger partial charge >= 0.3 is 0 Å². The van der Waals surface area contributed by atoms with Crippen LogP contribution >= 0.6 is 34.9 Å².